The van der Waals surface area contributed by atoms with Crippen LogP contribution in [-0.2, 0) is 13.8 Å². The first-order chi connectivity index (χ1) is 6.35. The number of urea groups is 1. The number of hydrogen-bond donors (Lipinski definition) is 1. The summed E-state index contributed by atoms with van der Waals surface area (Å²) in [4.78, 5) is 23.3. The first-order valence-electron chi connectivity index (χ1n) is 3.89. The third-order valence-corrected chi connectivity index (χ3v) is 2.90. The number of carbonyl (C=O) groups is 2. The summed E-state index contributed by atoms with van der Waals surface area (Å²) in [5, 5.41) is 2.24. The van der Waals surface area contributed by atoms with E-state index < -0.39 is 32.8 Å². The largest absolute Gasteiger partial charge is 0.325 e. The molecule has 0 aromatic carbocycles. The van der Waals surface area contributed by atoms with Crippen LogP contribution in [0.3, 0.4) is 0 Å². The maximum Gasteiger partial charge on any atom is 0.324 e. The lowest BCUT2D eigenvalue weighted by atomic mass is 10.3. The first-order valence-corrected chi connectivity index (χ1v) is 6.37. The predicted octanol–water partition coefficient (Wildman–Crippen LogP) is -0.505. The van der Waals surface area contributed by atoms with Gasteiger partial charge < -0.3 is 5.32 Å². The van der Waals surface area contributed by atoms with E-state index in [4.69, 9.17) is 10.7 Å². The van der Waals surface area contributed by atoms with Crippen LogP contribution in [0.5, 0.6) is 0 Å². The van der Waals surface area contributed by atoms with Crippen LogP contribution < -0.4 is 5.32 Å². The highest BCUT2D eigenvalue weighted by atomic mass is 35.7. The molecule has 8 heteroatoms. The van der Waals surface area contributed by atoms with Gasteiger partial charge in [-0.15, -0.1) is 0 Å². The molecule has 1 rings (SSSR count). The molecule has 1 N–H and O–H groups in total. The maximum absolute atomic E-state index is 11.3. The van der Waals surface area contributed by atoms with Gasteiger partial charge in [0.05, 0.1) is 5.75 Å². The zero-order valence-corrected chi connectivity index (χ0v) is 8.93. The van der Waals surface area contributed by atoms with Gasteiger partial charge in [0.25, 0.3) is 5.91 Å². The normalized spacial score (nSPS) is 22.7. The third-order valence-electron chi connectivity index (χ3n) is 1.79. The van der Waals surface area contributed by atoms with Gasteiger partial charge in [0.1, 0.15) is 6.04 Å². The summed E-state index contributed by atoms with van der Waals surface area (Å²) in [6.45, 7) is 1.83. The molecule has 0 radical (unpaired) electrons. The maximum atomic E-state index is 11.3. The lowest BCUT2D eigenvalue weighted by Gasteiger charge is -2.08. The van der Waals surface area contributed by atoms with Gasteiger partial charge in [-0.2, -0.15) is 0 Å². The number of nitrogens with zero attached hydrogens (tertiary/aromatic N) is 1. The van der Waals surface area contributed by atoms with Crippen molar-refractivity contribution in [2.24, 2.45) is 0 Å². The molecular formula is C6H9ClN2O4S. The fourth-order valence-corrected chi connectivity index (χ4v) is 2.19. The molecule has 1 aliphatic rings. The minimum atomic E-state index is -3.79. The van der Waals surface area contributed by atoms with Crippen LogP contribution in [0.15, 0.2) is 0 Å². The molecule has 0 bridgehead atoms. The zero-order valence-electron chi connectivity index (χ0n) is 7.36. The number of halogens is 1. The van der Waals surface area contributed by atoms with Gasteiger partial charge >= 0.3 is 6.03 Å². The lowest BCUT2D eigenvalue weighted by molar-refractivity contribution is -0.126. The summed E-state index contributed by atoms with van der Waals surface area (Å²) in [7, 11) is 1.18. The predicted molar refractivity (Wildman–Crippen MR) is 49.3 cm³/mol. The fraction of sp³-hybridized carbons (Fsp3) is 0.667. The minimum Gasteiger partial charge on any atom is -0.325 e. The van der Waals surface area contributed by atoms with Gasteiger partial charge in [-0.25, -0.2) is 13.2 Å². The van der Waals surface area contributed by atoms with Crippen molar-refractivity contribution < 1.29 is 18.0 Å². The van der Waals surface area contributed by atoms with E-state index in [0.29, 0.717) is 0 Å². The summed E-state index contributed by atoms with van der Waals surface area (Å²) >= 11 is 0. The fourth-order valence-electron chi connectivity index (χ4n) is 1.19. The highest BCUT2D eigenvalue weighted by molar-refractivity contribution is 8.13. The van der Waals surface area contributed by atoms with Gasteiger partial charge in [-0.3, -0.25) is 9.69 Å². The smallest absolute Gasteiger partial charge is 0.324 e. The average Bonchev–Trinajstić information content (AvgIpc) is 2.24. The van der Waals surface area contributed by atoms with Crippen molar-refractivity contribution in [3.63, 3.8) is 0 Å². The van der Waals surface area contributed by atoms with Crippen molar-refractivity contribution in [2.45, 2.75) is 13.0 Å². The lowest BCUT2D eigenvalue weighted by Crippen LogP contribution is -2.35. The molecule has 0 spiro atoms. The van der Waals surface area contributed by atoms with E-state index in [1.165, 1.54) is 0 Å². The van der Waals surface area contributed by atoms with Crippen LogP contribution in [0.4, 0.5) is 4.79 Å². The molecule has 0 aromatic heterocycles. The Balaban J connectivity index is 2.77. The highest BCUT2D eigenvalue weighted by Gasteiger charge is 2.38. The Morgan fingerprint density at radius 2 is 2.07 bits per heavy atom. The second kappa shape index (κ2) is 3.74. The van der Waals surface area contributed by atoms with E-state index in [1.54, 1.807) is 6.92 Å². The van der Waals surface area contributed by atoms with E-state index in [1.807, 2.05) is 0 Å². The number of carbonyl (C=O) groups excluding carboxylic acids is 2. The van der Waals surface area contributed by atoms with E-state index in [2.05, 4.69) is 5.32 Å². The molecule has 0 aromatic rings. The van der Waals surface area contributed by atoms with Crippen molar-refractivity contribution in [1.82, 2.24) is 10.2 Å². The molecule has 0 unspecified atom stereocenters. The molecule has 1 fully saturated rings. The van der Waals surface area contributed by atoms with Crippen molar-refractivity contribution in [3.05, 3.63) is 0 Å². The SMILES string of the molecule is CCN1C(=O)N[C@H](CS(=O)(=O)Cl)C1=O. The molecule has 14 heavy (non-hydrogen) atoms. The Hall–Kier alpha value is -0.820. The Kier molecular flexibility index (Phi) is 3.01. The molecule has 80 valence electrons. The Morgan fingerprint density at radius 1 is 1.50 bits per heavy atom. The summed E-state index contributed by atoms with van der Waals surface area (Å²) in [5.41, 5.74) is 0. The van der Waals surface area contributed by atoms with E-state index in [9.17, 15) is 18.0 Å². The second-order valence-corrected chi connectivity index (χ2v) is 5.61. The number of amides is 3. The standard InChI is InChI=1S/C6H9ClN2O4S/c1-2-9-5(10)4(8-6(9)11)3-14(7,12)13/h4H,2-3H2,1H3,(H,8,11)/t4-/m1/s1. The molecule has 0 saturated carbocycles. The summed E-state index contributed by atoms with van der Waals surface area (Å²) in [6, 6.07) is -1.63. The zero-order chi connectivity index (χ0) is 10.9. The average molecular weight is 241 g/mol. The third kappa shape index (κ3) is 2.36. The van der Waals surface area contributed by atoms with Crippen LogP contribution in [0.25, 0.3) is 0 Å². The Bertz CT molecular complexity index is 366. The Morgan fingerprint density at radius 3 is 2.43 bits per heavy atom. The number of imide groups is 1. The van der Waals surface area contributed by atoms with Crippen LogP contribution in [0.2, 0.25) is 0 Å². The molecule has 1 saturated heterocycles. The highest BCUT2D eigenvalue weighted by Crippen LogP contribution is 2.09. The number of rotatable bonds is 3. The molecule has 3 amide bonds. The van der Waals surface area contributed by atoms with Gasteiger partial charge in [-0.1, -0.05) is 0 Å². The molecule has 1 aliphatic heterocycles. The molecule has 0 aliphatic carbocycles. The van der Waals surface area contributed by atoms with Gasteiger partial charge in [0.2, 0.25) is 9.05 Å². The molecule has 6 nitrogen and oxygen atoms in total. The number of nitrogens with one attached hydrogen (secondary N) is 1. The van der Waals surface area contributed by atoms with Crippen molar-refractivity contribution in [1.29, 1.82) is 0 Å². The number of likely N-dealkylation sites (N-methyl/N-ethyl adjacent to an activating group) is 1. The van der Waals surface area contributed by atoms with Gasteiger partial charge in [-0.05, 0) is 6.92 Å². The van der Waals surface area contributed by atoms with Crippen LogP contribution in [-0.4, -0.2) is 43.6 Å². The summed E-state index contributed by atoms with van der Waals surface area (Å²) in [5.74, 6) is -1.13. The first kappa shape index (κ1) is 11.3. The van der Waals surface area contributed by atoms with Gasteiger partial charge in [0.15, 0.2) is 0 Å². The van der Waals surface area contributed by atoms with Gasteiger partial charge in [0, 0.05) is 17.2 Å². The monoisotopic (exact) mass is 240 g/mol. The summed E-state index contributed by atoms with van der Waals surface area (Å²) < 4.78 is 21.4. The number of hydrogen-bond acceptors (Lipinski definition) is 4. The van der Waals surface area contributed by atoms with E-state index in [0.717, 1.165) is 4.90 Å². The second-order valence-electron chi connectivity index (χ2n) is 2.79. The van der Waals surface area contributed by atoms with Crippen LogP contribution in [0.1, 0.15) is 6.92 Å². The van der Waals surface area contributed by atoms with Crippen LogP contribution >= 0.6 is 10.7 Å². The quantitative estimate of drug-likeness (QED) is 0.532. The Labute approximate surface area is 85.6 Å². The molecule has 1 atom stereocenters. The van der Waals surface area contributed by atoms with E-state index >= 15 is 0 Å². The van der Waals surface area contributed by atoms with Crippen molar-refractivity contribution in [2.75, 3.05) is 12.3 Å². The summed E-state index contributed by atoms with van der Waals surface area (Å²) in [6.07, 6.45) is 0. The van der Waals surface area contributed by atoms with E-state index in [-0.39, 0.29) is 6.54 Å². The van der Waals surface area contributed by atoms with Crippen molar-refractivity contribution >= 4 is 31.7 Å². The molecular weight excluding hydrogens is 232 g/mol. The van der Waals surface area contributed by atoms with Crippen molar-refractivity contribution in [3.8, 4) is 0 Å². The molecule has 1 heterocycles. The topological polar surface area (TPSA) is 83.6 Å². The minimum absolute atomic E-state index is 0.212. The van der Waals surface area contributed by atoms with Crippen LogP contribution in [0, 0.1) is 0 Å².